The molecule has 8 nitrogen and oxygen atoms in total. The van der Waals surface area contributed by atoms with Gasteiger partial charge in [-0.15, -0.1) is 0 Å². The highest BCUT2D eigenvalue weighted by atomic mass is 35.5. The van der Waals surface area contributed by atoms with E-state index in [0.29, 0.717) is 17.9 Å². The Labute approximate surface area is 273 Å². The van der Waals surface area contributed by atoms with Gasteiger partial charge in [0.2, 0.25) is 5.95 Å². The maximum Gasteiger partial charge on any atom is 0.413 e. The maximum absolute atomic E-state index is 15.4. The predicted octanol–water partition coefficient (Wildman–Crippen LogP) is 8.61. The van der Waals surface area contributed by atoms with Crippen molar-refractivity contribution in [1.29, 1.82) is 0 Å². The number of nitrogens with one attached hydrogen (secondary N) is 1. The number of rotatable bonds is 11. The Morgan fingerprint density at radius 2 is 1.76 bits per heavy atom. The zero-order valence-electron chi connectivity index (χ0n) is 26.2. The van der Waals surface area contributed by atoms with Crippen molar-refractivity contribution >= 4 is 35.1 Å². The Bertz CT molecular complexity index is 1680. The van der Waals surface area contributed by atoms with E-state index >= 15 is 4.39 Å². The molecule has 4 aromatic rings. The molecule has 2 heterocycles. The fourth-order valence-electron chi connectivity index (χ4n) is 6.13. The van der Waals surface area contributed by atoms with Gasteiger partial charge in [-0.2, -0.15) is 4.98 Å². The van der Waals surface area contributed by atoms with Gasteiger partial charge in [0.25, 0.3) is 0 Å². The van der Waals surface area contributed by atoms with E-state index in [2.05, 4.69) is 20.2 Å². The minimum atomic E-state index is -1.36. The molecule has 242 valence electrons. The van der Waals surface area contributed by atoms with Crippen LogP contribution in [0.1, 0.15) is 59.5 Å². The maximum atomic E-state index is 15.4. The first kappa shape index (κ1) is 33.1. The molecule has 1 fully saturated rings. The third kappa shape index (κ3) is 7.92. The van der Waals surface area contributed by atoms with Crippen LogP contribution in [0.25, 0.3) is 0 Å². The van der Waals surface area contributed by atoms with Crippen LogP contribution >= 0.6 is 11.6 Å². The second-order valence-corrected chi connectivity index (χ2v) is 12.1. The number of anilines is 3. The van der Waals surface area contributed by atoms with Crippen molar-refractivity contribution in [2.24, 2.45) is 0 Å². The van der Waals surface area contributed by atoms with Gasteiger partial charge in [0, 0.05) is 35.1 Å². The lowest BCUT2D eigenvalue weighted by Crippen LogP contribution is -2.36. The quantitative estimate of drug-likeness (QED) is 0.157. The summed E-state index contributed by atoms with van der Waals surface area (Å²) in [4.78, 5) is 25.0. The van der Waals surface area contributed by atoms with Crippen LogP contribution in [0.5, 0.6) is 5.75 Å². The molecule has 5 rings (SSSR count). The molecule has 3 aromatic carbocycles. The number of ether oxygens (including phenoxy) is 1. The highest BCUT2D eigenvalue weighted by Gasteiger charge is 2.34. The first-order valence-electron chi connectivity index (χ1n) is 15.4. The third-order valence-corrected chi connectivity index (χ3v) is 8.36. The molecule has 0 bridgehead atoms. The second-order valence-electron chi connectivity index (χ2n) is 11.6. The number of carbonyl (C=O) groups is 1. The zero-order valence-corrected chi connectivity index (χ0v) is 27.0. The summed E-state index contributed by atoms with van der Waals surface area (Å²) in [6, 6.07) is 12.6. The SMILES string of the molecule is Cc1cc(C)c(C(c2cc(Cl)ccc2F)N(C(=O)O)c2ccnc(Nc3ccc(OCCCN4CCCCC4)c(F)c3)n2)c(C)c1. The van der Waals surface area contributed by atoms with Gasteiger partial charge in [-0.1, -0.05) is 35.7 Å². The number of hydrogen-bond donors (Lipinski definition) is 2. The highest BCUT2D eigenvalue weighted by Crippen LogP contribution is 2.39. The number of amides is 1. The van der Waals surface area contributed by atoms with E-state index in [1.54, 1.807) is 6.07 Å². The topological polar surface area (TPSA) is 90.8 Å². The van der Waals surface area contributed by atoms with E-state index < -0.39 is 23.8 Å². The number of carboxylic acid groups (broad SMARTS) is 1. The summed E-state index contributed by atoms with van der Waals surface area (Å²) < 4.78 is 36.1. The van der Waals surface area contributed by atoms with E-state index in [1.165, 1.54) is 61.9 Å². The molecule has 1 unspecified atom stereocenters. The molecule has 1 aromatic heterocycles. The molecular weight excluding hydrogens is 612 g/mol. The molecule has 1 aliphatic heterocycles. The molecule has 1 atom stereocenters. The van der Waals surface area contributed by atoms with Gasteiger partial charge < -0.3 is 20.1 Å². The molecule has 0 spiro atoms. The van der Waals surface area contributed by atoms with E-state index in [-0.39, 0.29) is 28.1 Å². The van der Waals surface area contributed by atoms with Gasteiger partial charge in [-0.05, 0) is 106 Å². The van der Waals surface area contributed by atoms with Gasteiger partial charge in [-0.25, -0.2) is 23.5 Å². The van der Waals surface area contributed by atoms with Crippen molar-refractivity contribution in [2.45, 2.75) is 52.5 Å². The molecular formula is C35H38ClF2N5O3. The molecule has 0 aliphatic carbocycles. The highest BCUT2D eigenvalue weighted by molar-refractivity contribution is 6.30. The standard InChI is InChI=1S/C35H38ClF2N5O3/c1-22-18-23(2)32(24(3)19-22)33(27-20-25(36)8-10-28(27)37)43(35(44)45)31-12-13-39-34(41-31)40-26-9-11-30(29(38)21-26)46-17-7-16-42-14-5-4-6-15-42/h8-13,18-21,33H,4-7,14-17H2,1-3H3,(H,44,45)(H,39,40,41). The van der Waals surface area contributed by atoms with Gasteiger partial charge >= 0.3 is 6.09 Å². The number of aryl methyl sites for hydroxylation is 3. The number of benzene rings is 3. The number of nitrogens with zero attached hydrogens (tertiary/aromatic N) is 4. The van der Waals surface area contributed by atoms with Gasteiger partial charge in [0.1, 0.15) is 11.6 Å². The lowest BCUT2D eigenvalue weighted by atomic mass is 9.88. The number of halogens is 3. The van der Waals surface area contributed by atoms with Crippen LogP contribution < -0.4 is 15.0 Å². The summed E-state index contributed by atoms with van der Waals surface area (Å²) in [6.07, 6.45) is 4.55. The summed E-state index contributed by atoms with van der Waals surface area (Å²) in [5.41, 5.74) is 3.58. The van der Waals surface area contributed by atoms with Crippen molar-refractivity contribution < 1.29 is 23.4 Å². The van der Waals surface area contributed by atoms with Crippen LogP contribution in [-0.2, 0) is 0 Å². The van der Waals surface area contributed by atoms with Crippen molar-refractivity contribution in [3.63, 3.8) is 0 Å². The van der Waals surface area contributed by atoms with Crippen molar-refractivity contribution in [2.75, 3.05) is 36.5 Å². The Kier molecular flexibility index (Phi) is 10.7. The number of aromatic nitrogens is 2. The number of likely N-dealkylation sites (tertiary alicyclic amines) is 1. The minimum Gasteiger partial charge on any atom is -0.490 e. The minimum absolute atomic E-state index is 0.0112. The predicted molar refractivity (Wildman–Crippen MR) is 177 cm³/mol. The Balaban J connectivity index is 1.39. The third-order valence-electron chi connectivity index (χ3n) is 8.13. The smallest absolute Gasteiger partial charge is 0.413 e. The number of piperidine rings is 1. The molecule has 46 heavy (non-hydrogen) atoms. The summed E-state index contributed by atoms with van der Waals surface area (Å²) >= 11 is 6.28. The van der Waals surface area contributed by atoms with E-state index in [0.717, 1.165) is 47.6 Å². The van der Waals surface area contributed by atoms with Crippen LogP contribution in [0.3, 0.4) is 0 Å². The van der Waals surface area contributed by atoms with E-state index in [4.69, 9.17) is 16.3 Å². The Morgan fingerprint density at radius 1 is 1.02 bits per heavy atom. The van der Waals surface area contributed by atoms with Crippen LogP contribution in [0.15, 0.2) is 60.8 Å². The second kappa shape index (κ2) is 14.9. The molecule has 2 N–H and O–H groups in total. The van der Waals surface area contributed by atoms with Gasteiger partial charge in [0.15, 0.2) is 11.6 Å². The number of hydrogen-bond acceptors (Lipinski definition) is 6. The van der Waals surface area contributed by atoms with Crippen LogP contribution in [-0.4, -0.2) is 52.3 Å². The van der Waals surface area contributed by atoms with Crippen LogP contribution in [0, 0.1) is 32.4 Å². The van der Waals surface area contributed by atoms with Crippen molar-refractivity contribution in [3.8, 4) is 5.75 Å². The van der Waals surface area contributed by atoms with Gasteiger partial charge in [-0.3, -0.25) is 0 Å². The molecule has 0 radical (unpaired) electrons. The molecule has 11 heteroatoms. The Hall–Kier alpha value is -4.28. The summed E-state index contributed by atoms with van der Waals surface area (Å²) in [5.74, 6) is -1.00. The summed E-state index contributed by atoms with van der Waals surface area (Å²) in [5, 5.41) is 13.8. The van der Waals surface area contributed by atoms with E-state index in [1.807, 2.05) is 32.9 Å². The van der Waals surface area contributed by atoms with E-state index in [9.17, 15) is 14.3 Å². The molecule has 1 amide bonds. The van der Waals surface area contributed by atoms with Crippen LogP contribution in [0.4, 0.5) is 31.0 Å². The Morgan fingerprint density at radius 3 is 2.46 bits per heavy atom. The zero-order chi connectivity index (χ0) is 32.8. The lowest BCUT2D eigenvalue weighted by molar-refractivity contribution is 0.199. The molecule has 1 aliphatic rings. The fraction of sp³-hybridized carbons (Fsp3) is 0.343. The molecule has 1 saturated heterocycles. The average Bonchev–Trinajstić information content (AvgIpc) is 3.01. The molecule has 0 saturated carbocycles. The monoisotopic (exact) mass is 649 g/mol. The average molecular weight is 650 g/mol. The summed E-state index contributed by atoms with van der Waals surface area (Å²) in [7, 11) is 0. The van der Waals surface area contributed by atoms with Crippen LogP contribution in [0.2, 0.25) is 5.02 Å². The van der Waals surface area contributed by atoms with Gasteiger partial charge in [0.05, 0.1) is 12.6 Å². The first-order valence-corrected chi connectivity index (χ1v) is 15.8. The summed E-state index contributed by atoms with van der Waals surface area (Å²) in [6.45, 7) is 9.19. The lowest BCUT2D eigenvalue weighted by Gasteiger charge is -2.32. The van der Waals surface area contributed by atoms with Crippen molar-refractivity contribution in [1.82, 2.24) is 14.9 Å². The largest absolute Gasteiger partial charge is 0.490 e. The van der Waals surface area contributed by atoms with Crippen molar-refractivity contribution in [3.05, 3.63) is 105 Å². The normalized spacial score (nSPS) is 14.1. The fourth-order valence-corrected chi connectivity index (χ4v) is 6.31. The first-order chi connectivity index (χ1) is 22.1.